The van der Waals surface area contributed by atoms with Gasteiger partial charge in [0.25, 0.3) is 16.8 Å². The number of hydrogen-bond donors (Lipinski definition) is 1. The van der Waals surface area contributed by atoms with Gasteiger partial charge in [-0.3, -0.25) is 14.9 Å². The molecule has 0 saturated carbocycles. The van der Waals surface area contributed by atoms with Crippen molar-refractivity contribution in [1.82, 2.24) is 10.2 Å². The molecule has 0 aliphatic heterocycles. The van der Waals surface area contributed by atoms with Crippen LogP contribution in [0.25, 0.3) is 11.7 Å². The van der Waals surface area contributed by atoms with Crippen LogP contribution in [-0.4, -0.2) is 26.3 Å². The van der Waals surface area contributed by atoms with Crippen LogP contribution in [0.3, 0.4) is 0 Å². The van der Waals surface area contributed by atoms with Crippen LogP contribution >= 0.6 is 23.4 Å². The fraction of sp³-hybridized carbons (Fsp3) is 0.133. The first kappa shape index (κ1) is 18.0. The van der Waals surface area contributed by atoms with Crippen molar-refractivity contribution in [2.75, 3.05) is 5.32 Å². The summed E-state index contributed by atoms with van der Waals surface area (Å²) in [4.78, 5) is 22.6. The molecule has 3 rings (SSSR count). The van der Waals surface area contributed by atoms with Crippen molar-refractivity contribution in [1.29, 1.82) is 0 Å². The zero-order valence-corrected chi connectivity index (χ0v) is 14.8. The largest absolute Gasteiger partial charge is 0.459 e. The molecule has 2 aromatic heterocycles. The Hall–Kier alpha value is -2.85. The molecule has 0 spiro atoms. The normalized spacial score (nSPS) is 11.9. The number of carbonyl (C=O) groups excluding carboxylic acids is 1. The molecule has 1 aromatic carbocycles. The third-order valence-corrected chi connectivity index (χ3v) is 4.47. The molecule has 0 bridgehead atoms. The van der Waals surface area contributed by atoms with Gasteiger partial charge in [-0.25, -0.2) is 0 Å². The number of nitro benzene ring substituents is 1. The fourth-order valence-electron chi connectivity index (χ4n) is 1.92. The number of halogens is 1. The van der Waals surface area contributed by atoms with E-state index in [2.05, 4.69) is 15.5 Å². The lowest BCUT2D eigenvalue weighted by atomic mass is 10.2. The van der Waals surface area contributed by atoms with Crippen molar-refractivity contribution in [2.45, 2.75) is 17.4 Å². The maximum Gasteiger partial charge on any atom is 0.284 e. The van der Waals surface area contributed by atoms with Gasteiger partial charge < -0.3 is 14.2 Å². The van der Waals surface area contributed by atoms with E-state index in [1.165, 1.54) is 24.5 Å². The Balaban J connectivity index is 1.67. The lowest BCUT2D eigenvalue weighted by Crippen LogP contribution is -2.22. The molecule has 0 aliphatic carbocycles. The highest BCUT2D eigenvalue weighted by Gasteiger charge is 2.21. The average Bonchev–Trinajstić information content (AvgIpc) is 3.27. The van der Waals surface area contributed by atoms with Gasteiger partial charge >= 0.3 is 0 Å². The summed E-state index contributed by atoms with van der Waals surface area (Å²) in [5.74, 6) is 0.201. The van der Waals surface area contributed by atoms with Crippen LogP contribution in [0.2, 0.25) is 5.02 Å². The van der Waals surface area contributed by atoms with Crippen molar-refractivity contribution < 1.29 is 18.6 Å². The van der Waals surface area contributed by atoms with E-state index in [1.54, 1.807) is 19.1 Å². The third-order valence-electron chi connectivity index (χ3n) is 3.20. The second kappa shape index (κ2) is 7.58. The summed E-state index contributed by atoms with van der Waals surface area (Å²) < 4.78 is 10.6. The van der Waals surface area contributed by atoms with Crippen molar-refractivity contribution in [2.24, 2.45) is 0 Å². The van der Waals surface area contributed by atoms with E-state index in [0.29, 0.717) is 5.76 Å². The van der Waals surface area contributed by atoms with Crippen LogP contribution in [-0.2, 0) is 4.79 Å². The number of nitrogens with one attached hydrogen (secondary N) is 1. The molecule has 3 aromatic rings. The van der Waals surface area contributed by atoms with Gasteiger partial charge in [0, 0.05) is 12.1 Å². The molecule has 0 radical (unpaired) electrons. The van der Waals surface area contributed by atoms with E-state index in [9.17, 15) is 14.9 Å². The van der Waals surface area contributed by atoms with E-state index in [-0.39, 0.29) is 27.5 Å². The van der Waals surface area contributed by atoms with Gasteiger partial charge in [-0.05, 0) is 25.1 Å². The number of anilines is 1. The predicted octanol–water partition coefficient (Wildman–Crippen LogP) is 4.01. The van der Waals surface area contributed by atoms with Crippen LogP contribution in [0.5, 0.6) is 0 Å². The summed E-state index contributed by atoms with van der Waals surface area (Å²) in [5.41, 5.74) is -0.0230. The fourth-order valence-corrected chi connectivity index (χ4v) is 2.77. The number of nitrogens with zero attached hydrogens (tertiary/aromatic N) is 3. The highest BCUT2D eigenvalue weighted by atomic mass is 35.5. The minimum absolute atomic E-state index is 0.153. The molecule has 2 heterocycles. The number of aromatic nitrogens is 2. The lowest BCUT2D eigenvalue weighted by molar-refractivity contribution is -0.384. The van der Waals surface area contributed by atoms with Crippen LogP contribution in [0, 0.1) is 10.1 Å². The zero-order chi connectivity index (χ0) is 18.7. The van der Waals surface area contributed by atoms with E-state index < -0.39 is 16.1 Å². The summed E-state index contributed by atoms with van der Waals surface area (Å²) in [5, 5.41) is 20.8. The summed E-state index contributed by atoms with van der Waals surface area (Å²) in [6.07, 6.45) is 1.48. The maximum atomic E-state index is 12.3. The van der Waals surface area contributed by atoms with Gasteiger partial charge in [0.2, 0.25) is 5.91 Å². The Morgan fingerprint density at radius 1 is 1.38 bits per heavy atom. The molecular formula is C15H11ClN4O5S. The number of benzene rings is 1. The highest BCUT2D eigenvalue weighted by Crippen LogP contribution is 2.29. The van der Waals surface area contributed by atoms with Crippen LogP contribution in [0.4, 0.5) is 11.4 Å². The number of carbonyl (C=O) groups is 1. The molecule has 0 saturated heterocycles. The molecule has 26 heavy (non-hydrogen) atoms. The van der Waals surface area contributed by atoms with Crippen molar-refractivity contribution >= 4 is 40.6 Å². The molecule has 9 nitrogen and oxygen atoms in total. The molecule has 1 unspecified atom stereocenters. The monoisotopic (exact) mass is 394 g/mol. The van der Waals surface area contributed by atoms with Gasteiger partial charge in [-0.15, -0.1) is 10.2 Å². The Labute approximate surface area is 155 Å². The number of hydrogen-bond acceptors (Lipinski definition) is 8. The molecule has 134 valence electrons. The second-order valence-corrected chi connectivity index (χ2v) is 6.72. The first-order valence-electron chi connectivity index (χ1n) is 7.23. The number of furan rings is 1. The summed E-state index contributed by atoms with van der Waals surface area (Å²) in [7, 11) is 0. The Kier molecular flexibility index (Phi) is 5.24. The number of amides is 1. The topological polar surface area (TPSA) is 124 Å². The Bertz CT molecular complexity index is 943. The maximum absolute atomic E-state index is 12.3. The number of nitro groups is 1. The van der Waals surface area contributed by atoms with E-state index in [0.717, 1.165) is 11.8 Å². The van der Waals surface area contributed by atoms with Gasteiger partial charge in [-0.2, -0.15) is 0 Å². The molecule has 1 N–H and O–H groups in total. The van der Waals surface area contributed by atoms with Crippen molar-refractivity contribution in [3.05, 3.63) is 51.7 Å². The standard InChI is InChI=1S/C15H11ClN4O5S/c1-8(26-15-19-18-14(25-15)12-3-2-6-24-12)13(21)17-11-7-9(20(22)23)4-5-10(11)16/h2-8H,1H3,(H,17,21). The number of non-ortho nitro benzene ring substituents is 1. The smallest absolute Gasteiger partial charge is 0.284 e. The van der Waals surface area contributed by atoms with E-state index >= 15 is 0 Å². The number of thioether (sulfide) groups is 1. The molecule has 1 atom stereocenters. The lowest BCUT2D eigenvalue weighted by Gasteiger charge is -2.11. The second-order valence-electron chi connectivity index (χ2n) is 5.02. The third kappa shape index (κ3) is 4.03. The SMILES string of the molecule is CC(Sc1nnc(-c2ccco2)o1)C(=O)Nc1cc([N+](=O)[O-])ccc1Cl. The molecule has 1 amide bonds. The van der Waals surface area contributed by atoms with Crippen molar-refractivity contribution in [3.8, 4) is 11.7 Å². The van der Waals surface area contributed by atoms with Gasteiger partial charge in [-0.1, -0.05) is 23.4 Å². The molecular weight excluding hydrogens is 384 g/mol. The molecule has 0 fully saturated rings. The van der Waals surface area contributed by atoms with Gasteiger partial charge in [0.05, 0.1) is 27.1 Å². The molecule has 11 heteroatoms. The predicted molar refractivity (Wildman–Crippen MR) is 94.1 cm³/mol. The minimum Gasteiger partial charge on any atom is -0.459 e. The average molecular weight is 395 g/mol. The first-order chi connectivity index (χ1) is 12.4. The van der Waals surface area contributed by atoms with Gasteiger partial charge in [0.1, 0.15) is 0 Å². The van der Waals surface area contributed by atoms with Crippen molar-refractivity contribution in [3.63, 3.8) is 0 Å². The van der Waals surface area contributed by atoms with Crippen LogP contribution < -0.4 is 5.32 Å². The highest BCUT2D eigenvalue weighted by molar-refractivity contribution is 8.00. The Morgan fingerprint density at radius 2 is 2.19 bits per heavy atom. The quantitative estimate of drug-likeness (QED) is 0.377. The summed E-state index contributed by atoms with van der Waals surface area (Å²) in [6.45, 7) is 1.63. The summed E-state index contributed by atoms with van der Waals surface area (Å²) >= 11 is 7.01. The van der Waals surface area contributed by atoms with E-state index in [4.69, 9.17) is 20.4 Å². The molecule has 0 aliphatic rings. The Morgan fingerprint density at radius 3 is 2.88 bits per heavy atom. The zero-order valence-electron chi connectivity index (χ0n) is 13.2. The minimum atomic E-state index is -0.616. The van der Waals surface area contributed by atoms with E-state index in [1.807, 2.05) is 0 Å². The first-order valence-corrected chi connectivity index (χ1v) is 8.48. The van der Waals surface area contributed by atoms with Crippen LogP contribution in [0.1, 0.15) is 6.92 Å². The van der Waals surface area contributed by atoms with Gasteiger partial charge in [0.15, 0.2) is 5.76 Å². The summed E-state index contributed by atoms with van der Waals surface area (Å²) in [6, 6.07) is 7.15. The van der Waals surface area contributed by atoms with Crippen LogP contribution in [0.15, 0.2) is 50.7 Å². The number of rotatable bonds is 6.